The van der Waals surface area contributed by atoms with Crippen molar-refractivity contribution < 1.29 is 58.2 Å². The second kappa shape index (κ2) is 28.5. The Hall–Kier alpha value is -5.38. The van der Waals surface area contributed by atoms with Gasteiger partial charge in [-0.15, -0.1) is 0 Å². The molecule has 1 heterocycles. The van der Waals surface area contributed by atoms with Crippen LogP contribution in [0.2, 0.25) is 0 Å². The van der Waals surface area contributed by atoms with Gasteiger partial charge in [-0.3, -0.25) is 43.2 Å². The van der Waals surface area contributed by atoms with E-state index in [9.17, 15) is 58.2 Å². The smallest absolute Gasteiger partial charge is 0.326 e. The van der Waals surface area contributed by atoms with Crippen LogP contribution in [0.15, 0.2) is 0 Å². The van der Waals surface area contributed by atoms with Crippen molar-refractivity contribution in [1.29, 1.82) is 0 Å². The van der Waals surface area contributed by atoms with Gasteiger partial charge in [-0.2, -0.15) is 0 Å². The van der Waals surface area contributed by atoms with E-state index in [1.807, 2.05) is 0 Å². The maximum absolute atomic E-state index is 14.3. The lowest BCUT2D eigenvalue weighted by atomic mass is 9.95. The summed E-state index contributed by atoms with van der Waals surface area (Å²) < 4.78 is 0. The van der Waals surface area contributed by atoms with Gasteiger partial charge in [0.05, 0.1) is 12.6 Å². The molecule has 0 bridgehead atoms. The number of nitrogens with one attached hydrogen (secondary N) is 7. The summed E-state index contributed by atoms with van der Waals surface area (Å²) in [6.07, 6.45) is 1.30. The van der Waals surface area contributed by atoms with Crippen molar-refractivity contribution in [2.24, 2.45) is 35.1 Å². The van der Waals surface area contributed by atoms with Gasteiger partial charge in [0.2, 0.25) is 47.3 Å². The summed E-state index contributed by atoms with van der Waals surface area (Å²) in [5.41, 5.74) is 11.3. The highest BCUT2D eigenvalue weighted by Crippen LogP contribution is 2.22. The van der Waals surface area contributed by atoms with E-state index in [2.05, 4.69) is 37.2 Å². The van der Waals surface area contributed by atoms with Crippen molar-refractivity contribution in [2.75, 3.05) is 19.6 Å². The average Bonchev–Trinajstić information content (AvgIpc) is 3.73. The van der Waals surface area contributed by atoms with Crippen LogP contribution in [0.3, 0.4) is 0 Å². The molecule has 0 aromatic carbocycles. The van der Waals surface area contributed by atoms with E-state index in [1.54, 1.807) is 55.4 Å². The Morgan fingerprint density at radius 2 is 1.22 bits per heavy atom. The number of nitrogens with zero attached hydrogens (tertiary/aromatic N) is 1. The number of carboxylic acid groups (broad SMARTS) is 2. The highest BCUT2D eigenvalue weighted by Gasteiger charge is 2.42. The van der Waals surface area contributed by atoms with Gasteiger partial charge in [0.25, 0.3) is 0 Å². The number of unbranched alkanes of at least 4 members (excludes halogenated alkanes) is 1. The Balaban J connectivity index is 3.26. The van der Waals surface area contributed by atoms with E-state index in [4.69, 9.17) is 11.5 Å². The number of carbonyl (C=O) groups excluding carboxylic acids is 8. The largest absolute Gasteiger partial charge is 0.481 e. The van der Waals surface area contributed by atoms with Crippen molar-refractivity contribution in [1.82, 2.24) is 42.1 Å². The maximum atomic E-state index is 14.3. The summed E-state index contributed by atoms with van der Waals surface area (Å²) in [4.78, 5) is 132. The molecule has 1 fully saturated rings. The van der Waals surface area contributed by atoms with Crippen LogP contribution in [0.1, 0.15) is 120 Å². The Morgan fingerprint density at radius 1 is 0.662 bits per heavy atom. The molecule has 0 radical (unpaired) electrons. The van der Waals surface area contributed by atoms with E-state index < -0.39 is 132 Å². The highest BCUT2D eigenvalue weighted by molar-refractivity contribution is 5.98. The van der Waals surface area contributed by atoms with Gasteiger partial charge in [-0.1, -0.05) is 61.8 Å². The Kier molecular flexibility index (Phi) is 25.3. The van der Waals surface area contributed by atoms with Gasteiger partial charge >= 0.3 is 11.9 Å². The Labute approximate surface area is 382 Å². The highest BCUT2D eigenvalue weighted by atomic mass is 16.4. The number of likely N-dealkylation sites (tertiary alicyclic amines) is 1. The fourth-order valence-electron chi connectivity index (χ4n) is 7.07. The minimum absolute atomic E-state index is 0.0847. The van der Waals surface area contributed by atoms with Crippen molar-refractivity contribution in [3.05, 3.63) is 0 Å². The average molecular weight is 925 g/mol. The van der Waals surface area contributed by atoms with Crippen molar-refractivity contribution in [3.63, 3.8) is 0 Å². The quantitative estimate of drug-likeness (QED) is 0.0394. The molecule has 0 aromatic heterocycles. The van der Waals surface area contributed by atoms with Crippen LogP contribution < -0.4 is 48.7 Å². The molecule has 9 atom stereocenters. The lowest BCUT2D eigenvalue weighted by Crippen LogP contribution is -2.61. The molecule has 0 saturated carbocycles. The fourth-order valence-corrected chi connectivity index (χ4v) is 7.07. The van der Waals surface area contributed by atoms with Gasteiger partial charge < -0.3 is 63.8 Å². The predicted molar refractivity (Wildman–Crippen MR) is 239 cm³/mol. The van der Waals surface area contributed by atoms with E-state index in [0.29, 0.717) is 32.2 Å². The zero-order valence-corrected chi connectivity index (χ0v) is 39.5. The summed E-state index contributed by atoms with van der Waals surface area (Å²) in [6.45, 7) is 15.2. The molecule has 1 rings (SSSR count). The third-order valence-electron chi connectivity index (χ3n) is 11.1. The summed E-state index contributed by atoms with van der Waals surface area (Å²) in [5.74, 6) is -9.53. The van der Waals surface area contributed by atoms with E-state index in [-0.39, 0.29) is 44.1 Å². The lowest BCUT2D eigenvalue weighted by molar-refractivity contribution is -0.145. The monoisotopic (exact) mass is 925 g/mol. The summed E-state index contributed by atoms with van der Waals surface area (Å²) >= 11 is 0. The second-order valence-corrected chi connectivity index (χ2v) is 18.0. The molecule has 8 amide bonds. The third-order valence-corrected chi connectivity index (χ3v) is 11.1. The van der Waals surface area contributed by atoms with Crippen LogP contribution in [0, 0.1) is 23.7 Å². The minimum Gasteiger partial charge on any atom is -0.481 e. The van der Waals surface area contributed by atoms with Crippen LogP contribution >= 0.6 is 0 Å². The molecule has 0 spiro atoms. The van der Waals surface area contributed by atoms with Crippen molar-refractivity contribution >= 4 is 59.2 Å². The molecule has 370 valence electrons. The van der Waals surface area contributed by atoms with Crippen LogP contribution in [0.4, 0.5) is 0 Å². The van der Waals surface area contributed by atoms with Crippen LogP contribution in [-0.2, 0) is 47.9 Å². The molecule has 1 aliphatic rings. The molecule has 1 aliphatic heterocycles. The number of nitrogens with two attached hydrogens (primary N) is 2. The first-order chi connectivity index (χ1) is 30.4. The third kappa shape index (κ3) is 19.7. The molecular weight excluding hydrogens is 849 g/mol. The van der Waals surface area contributed by atoms with Gasteiger partial charge in [0.15, 0.2) is 0 Å². The molecule has 0 aromatic rings. The zero-order valence-electron chi connectivity index (χ0n) is 39.5. The molecule has 22 nitrogen and oxygen atoms in total. The summed E-state index contributed by atoms with van der Waals surface area (Å²) in [5, 5.41) is 37.1. The molecule has 22 heteroatoms. The first-order valence-electron chi connectivity index (χ1n) is 22.7. The molecular formula is C43H76N10O12. The normalized spacial score (nSPS) is 17.4. The summed E-state index contributed by atoms with van der Waals surface area (Å²) in [6, 6.07) is -9.20. The number of carboxylic acids is 2. The Morgan fingerprint density at radius 3 is 1.74 bits per heavy atom. The van der Waals surface area contributed by atoms with Gasteiger partial charge in [-0.25, -0.2) is 4.79 Å². The minimum atomic E-state index is -1.43. The number of rotatable bonds is 29. The molecule has 0 aliphatic carbocycles. The number of hydrogen-bond acceptors (Lipinski definition) is 12. The van der Waals surface area contributed by atoms with Crippen LogP contribution in [-0.4, -0.2) is 142 Å². The van der Waals surface area contributed by atoms with Crippen LogP contribution in [0.5, 0.6) is 0 Å². The van der Waals surface area contributed by atoms with E-state index >= 15 is 0 Å². The number of carbonyl (C=O) groups is 10. The maximum Gasteiger partial charge on any atom is 0.326 e. The predicted octanol–water partition coefficient (Wildman–Crippen LogP) is -1.17. The SMILES string of the molecule is CC[C@H](C)[C@H](NC(=O)[C@@H](NC(=O)[C@H](CCCCN)NC(=O)CNC(=O)[C@@H](NC(=O)[C@H](C)N)C(C)C)C(C)C)C(=O)N1CCC[C@H]1C(=O)N[C@@H](CCC(=O)O)C(=O)N[C@@H](CC(C)C)C(=O)O. The first-order valence-corrected chi connectivity index (χ1v) is 22.7. The van der Waals surface area contributed by atoms with Crippen molar-refractivity contribution in [2.45, 2.75) is 168 Å². The molecule has 1 saturated heterocycles. The van der Waals surface area contributed by atoms with Gasteiger partial charge in [0.1, 0.15) is 42.3 Å². The van der Waals surface area contributed by atoms with E-state index in [0.717, 1.165) is 0 Å². The molecule has 0 unspecified atom stereocenters. The summed E-state index contributed by atoms with van der Waals surface area (Å²) in [7, 11) is 0. The topological polar surface area (TPSA) is 351 Å². The standard InChI is InChI=1S/C43H76N10O12/c1-10-25(8)35(42(63)53-19-13-15-30(53)39(60)48-28(16-17-32(55)56)37(58)49-29(43(64)65)20-22(2)3)52-41(62)34(24(6)7)51-38(59)27(14-11-12-18-44)47-31(54)21-46-40(61)33(23(4)5)50-36(57)26(9)45/h22-30,33-35H,10-21,44-45H2,1-9H3,(H,46,61)(H,47,54)(H,48,60)(H,49,58)(H,50,57)(H,51,59)(H,52,62)(H,55,56)(H,64,65)/t25-,26-,27-,28-,29-,30-,33-,34-,35-/m0/s1. The fraction of sp³-hybridized carbons (Fsp3) is 0.767. The lowest BCUT2D eigenvalue weighted by Gasteiger charge is -2.33. The molecule has 13 N–H and O–H groups in total. The number of aliphatic carboxylic acids is 2. The Bertz CT molecular complexity index is 1660. The zero-order chi connectivity index (χ0) is 49.7. The first kappa shape index (κ1) is 57.6. The van der Waals surface area contributed by atoms with E-state index in [1.165, 1.54) is 11.8 Å². The number of amides is 8. The van der Waals surface area contributed by atoms with Gasteiger partial charge in [0, 0.05) is 13.0 Å². The van der Waals surface area contributed by atoms with Crippen molar-refractivity contribution in [3.8, 4) is 0 Å². The van der Waals surface area contributed by atoms with Gasteiger partial charge in [-0.05, 0) is 82.1 Å². The second-order valence-electron chi connectivity index (χ2n) is 18.0. The number of hydrogen-bond donors (Lipinski definition) is 11. The molecule has 65 heavy (non-hydrogen) atoms. The van der Waals surface area contributed by atoms with Crippen LogP contribution in [0.25, 0.3) is 0 Å².